The summed E-state index contributed by atoms with van der Waals surface area (Å²) in [6.07, 6.45) is 8.78. The van der Waals surface area contributed by atoms with E-state index in [4.69, 9.17) is 16.6 Å². The van der Waals surface area contributed by atoms with Crippen molar-refractivity contribution in [1.82, 2.24) is 19.8 Å². The van der Waals surface area contributed by atoms with Crippen LogP contribution in [0.2, 0.25) is 0 Å². The van der Waals surface area contributed by atoms with Crippen molar-refractivity contribution in [1.29, 1.82) is 0 Å². The average molecular weight is 421 g/mol. The fourth-order valence-electron chi connectivity index (χ4n) is 5.31. The number of aromatic nitrogens is 2. The third-order valence-electron chi connectivity index (χ3n) is 6.64. The molecule has 0 unspecified atom stereocenters. The number of hydrogen-bond donors (Lipinski definition) is 1. The number of nitrogens with zero attached hydrogens (tertiary/aromatic N) is 3. The average Bonchev–Trinajstić information content (AvgIpc) is 3.53. The van der Waals surface area contributed by atoms with Crippen molar-refractivity contribution in [3.8, 4) is 0 Å². The highest BCUT2D eigenvalue weighted by Crippen LogP contribution is 2.43. The van der Waals surface area contributed by atoms with Gasteiger partial charge in [-0.05, 0) is 74.8 Å². The number of aryl methyl sites for hydroxylation is 1. The zero-order valence-electron chi connectivity index (χ0n) is 17.5. The van der Waals surface area contributed by atoms with E-state index in [9.17, 15) is 0 Å². The number of thiocarbonyl (C=S) groups is 1. The van der Waals surface area contributed by atoms with E-state index in [0.717, 1.165) is 16.6 Å². The molecule has 1 aliphatic heterocycles. The first-order valence-electron chi connectivity index (χ1n) is 10.8. The fourth-order valence-corrected chi connectivity index (χ4v) is 5.62. The second-order valence-electron chi connectivity index (χ2n) is 8.47. The lowest BCUT2D eigenvalue weighted by atomic mass is 9.96. The van der Waals surface area contributed by atoms with E-state index in [1.54, 1.807) is 6.26 Å². The quantitative estimate of drug-likeness (QED) is 0.562. The molecule has 2 aliphatic rings. The van der Waals surface area contributed by atoms with Gasteiger partial charge in [0.1, 0.15) is 5.76 Å². The maximum Gasteiger partial charge on any atom is 0.170 e. The van der Waals surface area contributed by atoms with Crippen LogP contribution in [0, 0.1) is 13.8 Å². The standard InChI is InChI=1S/C24H28N4OS/c1-16-14-20(17(2)28(16)18-8-3-4-9-18)23-22(21-11-5-6-12-25-21)26-24(30)27(23)15-19-10-7-13-29-19/h5-7,10-14,18,22-23H,3-4,8-9,15H2,1-2H3,(H,26,30)/t22-,23+/m0/s1. The molecule has 0 radical (unpaired) electrons. The van der Waals surface area contributed by atoms with Crippen molar-refractivity contribution in [3.63, 3.8) is 0 Å². The summed E-state index contributed by atoms with van der Waals surface area (Å²) in [5.41, 5.74) is 5.03. The Bertz CT molecular complexity index is 1020. The lowest BCUT2D eigenvalue weighted by Gasteiger charge is -2.28. The van der Waals surface area contributed by atoms with Crippen LogP contribution in [0.4, 0.5) is 0 Å². The van der Waals surface area contributed by atoms with Gasteiger partial charge in [0.15, 0.2) is 5.11 Å². The van der Waals surface area contributed by atoms with Gasteiger partial charge in [0.2, 0.25) is 0 Å². The molecule has 1 N–H and O–H groups in total. The van der Waals surface area contributed by atoms with Crippen molar-refractivity contribution in [2.24, 2.45) is 0 Å². The Morgan fingerprint density at radius 3 is 2.70 bits per heavy atom. The van der Waals surface area contributed by atoms with Gasteiger partial charge in [-0.1, -0.05) is 18.9 Å². The van der Waals surface area contributed by atoms with Crippen LogP contribution < -0.4 is 5.32 Å². The minimum absolute atomic E-state index is 0.00573. The highest BCUT2D eigenvalue weighted by molar-refractivity contribution is 7.80. The van der Waals surface area contributed by atoms with Crippen LogP contribution in [-0.4, -0.2) is 19.6 Å². The maximum atomic E-state index is 5.80. The van der Waals surface area contributed by atoms with Gasteiger partial charge in [-0.25, -0.2) is 0 Å². The van der Waals surface area contributed by atoms with E-state index in [1.165, 1.54) is 42.6 Å². The van der Waals surface area contributed by atoms with Crippen LogP contribution in [0.15, 0.2) is 53.3 Å². The van der Waals surface area contributed by atoms with Gasteiger partial charge < -0.3 is 19.2 Å². The summed E-state index contributed by atoms with van der Waals surface area (Å²) in [7, 11) is 0. The van der Waals surface area contributed by atoms with Crippen molar-refractivity contribution in [2.75, 3.05) is 0 Å². The number of hydrogen-bond acceptors (Lipinski definition) is 3. The normalized spacial score (nSPS) is 22.1. The van der Waals surface area contributed by atoms with E-state index >= 15 is 0 Å². The summed E-state index contributed by atoms with van der Waals surface area (Å²) in [6, 6.07) is 13.1. The Labute approximate surface area is 183 Å². The number of furan rings is 1. The Hall–Kier alpha value is -2.60. The van der Waals surface area contributed by atoms with Gasteiger partial charge in [-0.3, -0.25) is 4.98 Å². The summed E-state index contributed by atoms with van der Waals surface area (Å²) >= 11 is 5.80. The highest BCUT2D eigenvalue weighted by Gasteiger charge is 2.42. The summed E-state index contributed by atoms with van der Waals surface area (Å²) in [5.74, 6) is 0.912. The van der Waals surface area contributed by atoms with Crippen LogP contribution >= 0.6 is 12.2 Å². The Morgan fingerprint density at radius 1 is 1.17 bits per heavy atom. The van der Waals surface area contributed by atoms with Gasteiger partial charge in [0.25, 0.3) is 0 Å². The number of pyridine rings is 1. The Balaban J connectivity index is 1.58. The zero-order valence-corrected chi connectivity index (χ0v) is 18.4. The van der Waals surface area contributed by atoms with Crippen molar-refractivity contribution < 1.29 is 4.42 Å². The smallest absolute Gasteiger partial charge is 0.170 e. The van der Waals surface area contributed by atoms with Crippen molar-refractivity contribution in [2.45, 2.75) is 64.2 Å². The second-order valence-corrected chi connectivity index (χ2v) is 8.86. The molecule has 0 aromatic carbocycles. The fraction of sp³-hybridized carbons (Fsp3) is 0.417. The molecule has 1 aliphatic carbocycles. The molecule has 2 fully saturated rings. The first kappa shape index (κ1) is 19.4. The van der Waals surface area contributed by atoms with E-state index in [1.807, 2.05) is 30.5 Å². The van der Waals surface area contributed by atoms with Crippen LogP contribution in [0.5, 0.6) is 0 Å². The Kier molecular flexibility index (Phi) is 5.11. The van der Waals surface area contributed by atoms with Gasteiger partial charge in [0, 0.05) is 23.6 Å². The first-order chi connectivity index (χ1) is 14.6. The predicted molar refractivity (Wildman–Crippen MR) is 121 cm³/mol. The van der Waals surface area contributed by atoms with Crippen LogP contribution in [0.1, 0.15) is 72.2 Å². The minimum Gasteiger partial charge on any atom is -0.467 e. The molecule has 6 heteroatoms. The highest BCUT2D eigenvalue weighted by atomic mass is 32.1. The lowest BCUT2D eigenvalue weighted by molar-refractivity contribution is 0.286. The molecule has 5 rings (SSSR count). The van der Waals surface area contributed by atoms with E-state index in [-0.39, 0.29) is 12.1 Å². The van der Waals surface area contributed by atoms with E-state index in [2.05, 4.69) is 45.7 Å². The summed E-state index contributed by atoms with van der Waals surface area (Å²) < 4.78 is 8.22. The van der Waals surface area contributed by atoms with E-state index < -0.39 is 0 Å². The zero-order chi connectivity index (χ0) is 20.7. The molecule has 156 valence electrons. The maximum absolute atomic E-state index is 5.80. The molecule has 0 spiro atoms. The number of rotatable bonds is 5. The lowest BCUT2D eigenvalue weighted by Crippen LogP contribution is -2.29. The van der Waals surface area contributed by atoms with E-state index in [0.29, 0.717) is 12.6 Å². The molecule has 1 saturated carbocycles. The molecule has 5 nitrogen and oxygen atoms in total. The van der Waals surface area contributed by atoms with Crippen molar-refractivity contribution >= 4 is 17.3 Å². The SMILES string of the molecule is Cc1cc([C@@H]2[C@H](c3ccccn3)NC(=S)N2Cc2ccco2)c(C)n1C1CCCC1. The molecule has 1 saturated heterocycles. The Morgan fingerprint density at radius 2 is 2.00 bits per heavy atom. The van der Waals surface area contributed by atoms with Gasteiger partial charge >= 0.3 is 0 Å². The van der Waals surface area contributed by atoms with Gasteiger partial charge in [0.05, 0.1) is 30.6 Å². The van der Waals surface area contributed by atoms with Crippen molar-refractivity contribution in [3.05, 3.63) is 77.3 Å². The minimum atomic E-state index is 0.00573. The molecule has 4 heterocycles. The molecule has 0 amide bonds. The number of nitrogens with one attached hydrogen (secondary N) is 1. The topological polar surface area (TPSA) is 46.2 Å². The molecular weight excluding hydrogens is 392 g/mol. The largest absolute Gasteiger partial charge is 0.467 e. The second kappa shape index (κ2) is 7.91. The predicted octanol–water partition coefficient (Wildman–Crippen LogP) is 5.38. The van der Waals surface area contributed by atoms with Crippen LogP contribution in [-0.2, 0) is 6.54 Å². The summed E-state index contributed by atoms with van der Waals surface area (Å²) in [5, 5.41) is 4.30. The molecule has 30 heavy (non-hydrogen) atoms. The third-order valence-corrected chi connectivity index (χ3v) is 6.99. The molecule has 3 aromatic heterocycles. The molecule has 3 aromatic rings. The molecular formula is C24H28N4OS. The molecule has 0 bridgehead atoms. The van der Waals surface area contributed by atoms with Crippen LogP contribution in [0.25, 0.3) is 0 Å². The van der Waals surface area contributed by atoms with Crippen LogP contribution in [0.3, 0.4) is 0 Å². The monoisotopic (exact) mass is 420 g/mol. The summed E-state index contributed by atoms with van der Waals surface area (Å²) in [6.45, 7) is 5.14. The van der Waals surface area contributed by atoms with Gasteiger partial charge in [-0.2, -0.15) is 0 Å². The van der Waals surface area contributed by atoms with Gasteiger partial charge in [-0.15, -0.1) is 0 Å². The first-order valence-corrected chi connectivity index (χ1v) is 11.2. The third kappa shape index (κ3) is 3.33. The summed E-state index contributed by atoms with van der Waals surface area (Å²) in [4.78, 5) is 6.92. The molecule has 2 atom stereocenters.